The molecule has 0 aromatic heterocycles. The second-order valence-corrected chi connectivity index (χ2v) is 3.88. The number of carboxylic acids is 1. The number of hydrogen-bond donors (Lipinski definition) is 1. The Morgan fingerprint density at radius 3 is 2.61 bits per heavy atom. The van der Waals surface area contributed by atoms with Gasteiger partial charge in [-0.3, -0.25) is 4.79 Å². The van der Waals surface area contributed by atoms with E-state index >= 15 is 0 Å². The third kappa shape index (κ3) is 3.23. The third-order valence-electron chi connectivity index (χ3n) is 2.60. The summed E-state index contributed by atoms with van der Waals surface area (Å²) in [5, 5.41) is 9.23. The lowest BCUT2D eigenvalue weighted by Gasteiger charge is -2.24. The second kappa shape index (κ2) is 6.05. The maximum Gasteiger partial charge on any atom is 0.331 e. The lowest BCUT2D eigenvalue weighted by molar-refractivity contribution is -0.148. The molecule has 0 fully saturated rings. The topological polar surface area (TPSA) is 66.8 Å². The van der Waals surface area contributed by atoms with Crippen molar-refractivity contribution in [2.45, 2.75) is 19.9 Å². The van der Waals surface area contributed by atoms with E-state index in [1.807, 2.05) is 6.92 Å². The number of aliphatic carboxylic acids is 1. The number of ether oxygens (including phenoxy) is 1. The Morgan fingerprint density at radius 2 is 2.11 bits per heavy atom. The normalized spacial score (nSPS) is 11.7. The quantitative estimate of drug-likeness (QED) is 0.864. The molecule has 0 saturated heterocycles. The van der Waals surface area contributed by atoms with Crippen molar-refractivity contribution in [3.05, 3.63) is 29.8 Å². The zero-order valence-corrected chi connectivity index (χ0v) is 10.7. The maximum absolute atomic E-state index is 11.3. The predicted octanol–water partition coefficient (Wildman–Crippen LogP) is 1.69. The van der Waals surface area contributed by atoms with Gasteiger partial charge in [0.15, 0.2) is 6.04 Å². The average molecular weight is 251 g/mol. The van der Waals surface area contributed by atoms with Crippen LogP contribution in [0.15, 0.2) is 24.3 Å². The third-order valence-corrected chi connectivity index (χ3v) is 2.60. The van der Waals surface area contributed by atoms with Crippen LogP contribution in [0.5, 0.6) is 5.75 Å². The molecular formula is C13H17NO4. The minimum atomic E-state index is -1.07. The van der Waals surface area contributed by atoms with E-state index in [-0.39, 0.29) is 5.91 Å². The van der Waals surface area contributed by atoms with Crippen LogP contribution in [0, 0.1) is 0 Å². The number of amides is 1. The van der Waals surface area contributed by atoms with Gasteiger partial charge in [0.1, 0.15) is 5.75 Å². The number of likely N-dealkylation sites (N-methyl/N-ethyl adjacent to an activating group) is 1. The summed E-state index contributed by atoms with van der Waals surface area (Å²) in [5.74, 6) is -0.774. The highest BCUT2D eigenvalue weighted by atomic mass is 16.5. The summed E-state index contributed by atoms with van der Waals surface area (Å²) in [5.41, 5.74) is 0.520. The van der Waals surface area contributed by atoms with Gasteiger partial charge in [-0.1, -0.05) is 12.1 Å². The summed E-state index contributed by atoms with van der Waals surface area (Å²) in [6.07, 6.45) is 0. The Bertz CT molecular complexity index is 444. The van der Waals surface area contributed by atoms with Crippen LogP contribution < -0.4 is 4.74 Å². The van der Waals surface area contributed by atoms with Gasteiger partial charge in [0.25, 0.3) is 0 Å². The predicted molar refractivity (Wildman–Crippen MR) is 66.4 cm³/mol. The van der Waals surface area contributed by atoms with Gasteiger partial charge in [-0.2, -0.15) is 0 Å². The molecule has 5 heteroatoms. The highest BCUT2D eigenvalue weighted by Crippen LogP contribution is 2.24. The van der Waals surface area contributed by atoms with Crippen LogP contribution >= 0.6 is 0 Å². The molecule has 1 atom stereocenters. The number of carbonyl (C=O) groups excluding carboxylic acids is 1. The van der Waals surface area contributed by atoms with E-state index in [0.29, 0.717) is 17.9 Å². The van der Waals surface area contributed by atoms with E-state index in [2.05, 4.69) is 0 Å². The van der Waals surface area contributed by atoms with E-state index in [0.717, 1.165) is 0 Å². The van der Waals surface area contributed by atoms with E-state index in [1.165, 1.54) is 18.9 Å². The smallest absolute Gasteiger partial charge is 0.331 e. The molecule has 1 aromatic rings. The molecule has 0 bridgehead atoms. The fourth-order valence-corrected chi connectivity index (χ4v) is 1.65. The second-order valence-electron chi connectivity index (χ2n) is 3.88. The summed E-state index contributed by atoms with van der Waals surface area (Å²) in [6, 6.07) is 5.77. The standard InChI is InChI=1S/C13H17NO4/c1-4-18-11-7-5-6-10(8-11)12(13(16)17)14(3)9(2)15/h5-8,12H,4H2,1-3H3,(H,16,17). The first-order valence-corrected chi connectivity index (χ1v) is 5.66. The first kappa shape index (κ1) is 14.0. The molecule has 0 saturated carbocycles. The van der Waals surface area contributed by atoms with Crippen LogP contribution in [0.1, 0.15) is 25.5 Å². The van der Waals surface area contributed by atoms with Crippen LogP contribution in [0.3, 0.4) is 0 Å². The van der Waals surface area contributed by atoms with Crippen molar-refractivity contribution in [2.24, 2.45) is 0 Å². The van der Waals surface area contributed by atoms with Crippen molar-refractivity contribution in [1.29, 1.82) is 0 Å². The van der Waals surface area contributed by atoms with Gasteiger partial charge in [-0.05, 0) is 24.6 Å². The molecule has 18 heavy (non-hydrogen) atoms. The maximum atomic E-state index is 11.3. The molecule has 98 valence electrons. The molecule has 1 N–H and O–H groups in total. The molecule has 0 aliphatic carbocycles. The Labute approximate surface area is 106 Å². The molecule has 0 heterocycles. The van der Waals surface area contributed by atoms with Crippen LogP contribution in [0.25, 0.3) is 0 Å². The molecule has 0 radical (unpaired) electrons. The molecule has 0 aliphatic rings. The zero-order chi connectivity index (χ0) is 13.7. The highest BCUT2D eigenvalue weighted by Gasteiger charge is 2.26. The highest BCUT2D eigenvalue weighted by molar-refractivity contribution is 5.83. The molecule has 1 aromatic carbocycles. The molecular weight excluding hydrogens is 234 g/mol. The number of rotatable bonds is 5. The number of carboxylic acid groups (broad SMARTS) is 1. The first-order chi connectivity index (χ1) is 8.47. The van der Waals surface area contributed by atoms with Gasteiger partial charge in [0.05, 0.1) is 6.61 Å². The zero-order valence-electron chi connectivity index (χ0n) is 10.7. The number of carbonyl (C=O) groups is 2. The largest absolute Gasteiger partial charge is 0.494 e. The summed E-state index contributed by atoms with van der Waals surface area (Å²) in [6.45, 7) is 3.69. The van der Waals surface area contributed by atoms with Crippen LogP contribution in [0.2, 0.25) is 0 Å². The Kier molecular flexibility index (Phi) is 4.71. The van der Waals surface area contributed by atoms with Crippen molar-refractivity contribution in [2.75, 3.05) is 13.7 Å². The Balaban J connectivity index is 3.09. The van der Waals surface area contributed by atoms with Crippen molar-refractivity contribution < 1.29 is 19.4 Å². The van der Waals surface area contributed by atoms with Gasteiger partial charge >= 0.3 is 5.97 Å². The molecule has 1 amide bonds. The lowest BCUT2D eigenvalue weighted by Crippen LogP contribution is -2.34. The first-order valence-electron chi connectivity index (χ1n) is 5.66. The SMILES string of the molecule is CCOc1cccc(C(C(=O)O)N(C)C(C)=O)c1. The summed E-state index contributed by atoms with van der Waals surface area (Å²) in [4.78, 5) is 23.8. The van der Waals surface area contributed by atoms with Gasteiger partial charge in [-0.25, -0.2) is 4.79 Å². The van der Waals surface area contributed by atoms with Crippen LogP contribution in [-0.4, -0.2) is 35.5 Å². The van der Waals surface area contributed by atoms with Crippen LogP contribution in [0.4, 0.5) is 0 Å². The number of hydrogen-bond acceptors (Lipinski definition) is 3. The van der Waals surface area contributed by atoms with E-state index in [1.54, 1.807) is 24.3 Å². The minimum absolute atomic E-state index is 0.302. The summed E-state index contributed by atoms with van der Waals surface area (Å²) in [7, 11) is 1.47. The fraction of sp³-hybridized carbons (Fsp3) is 0.385. The van der Waals surface area contributed by atoms with Gasteiger partial charge in [0.2, 0.25) is 5.91 Å². The molecule has 1 rings (SSSR count). The summed E-state index contributed by atoms with van der Waals surface area (Å²) < 4.78 is 5.32. The van der Waals surface area contributed by atoms with E-state index in [9.17, 15) is 14.7 Å². The van der Waals surface area contributed by atoms with Crippen molar-refractivity contribution in [1.82, 2.24) is 4.90 Å². The van der Waals surface area contributed by atoms with Crippen molar-refractivity contribution in [3.63, 3.8) is 0 Å². The minimum Gasteiger partial charge on any atom is -0.494 e. The molecule has 0 aliphatic heterocycles. The summed E-state index contributed by atoms with van der Waals surface area (Å²) >= 11 is 0. The van der Waals surface area contributed by atoms with Gasteiger partial charge in [-0.15, -0.1) is 0 Å². The van der Waals surface area contributed by atoms with E-state index < -0.39 is 12.0 Å². The monoisotopic (exact) mass is 251 g/mol. The number of benzene rings is 1. The van der Waals surface area contributed by atoms with Crippen molar-refractivity contribution >= 4 is 11.9 Å². The molecule has 0 spiro atoms. The average Bonchev–Trinajstić information content (AvgIpc) is 2.29. The van der Waals surface area contributed by atoms with Gasteiger partial charge < -0.3 is 14.7 Å². The number of nitrogens with zero attached hydrogens (tertiary/aromatic N) is 1. The lowest BCUT2D eigenvalue weighted by atomic mass is 10.1. The molecule has 1 unspecified atom stereocenters. The Hall–Kier alpha value is -2.04. The fourth-order valence-electron chi connectivity index (χ4n) is 1.65. The van der Waals surface area contributed by atoms with E-state index in [4.69, 9.17) is 4.74 Å². The van der Waals surface area contributed by atoms with Gasteiger partial charge in [0, 0.05) is 14.0 Å². The van der Waals surface area contributed by atoms with Crippen LogP contribution in [-0.2, 0) is 9.59 Å². The Morgan fingerprint density at radius 1 is 1.44 bits per heavy atom. The van der Waals surface area contributed by atoms with Crippen molar-refractivity contribution in [3.8, 4) is 5.75 Å². The molecule has 5 nitrogen and oxygen atoms in total.